The number of hydrogen-bond acceptors (Lipinski definition) is 5. The predicted molar refractivity (Wildman–Crippen MR) is 82.8 cm³/mol. The molecule has 0 N–H and O–H groups in total. The summed E-state index contributed by atoms with van der Waals surface area (Å²) < 4.78 is 1.80. The van der Waals surface area contributed by atoms with Gasteiger partial charge in [-0.25, -0.2) is 4.98 Å². The Morgan fingerprint density at radius 2 is 2.18 bits per heavy atom. The molecule has 2 aromatic heterocycles. The van der Waals surface area contributed by atoms with E-state index in [1.54, 1.807) is 23.7 Å². The van der Waals surface area contributed by atoms with E-state index < -0.39 is 0 Å². The maximum absolute atomic E-state index is 10.9. The van der Waals surface area contributed by atoms with Crippen molar-refractivity contribution in [2.75, 3.05) is 11.4 Å². The molecular formula is C15H19N5O2. The van der Waals surface area contributed by atoms with Crippen LogP contribution in [-0.2, 0) is 7.05 Å². The van der Waals surface area contributed by atoms with Gasteiger partial charge in [-0.05, 0) is 32.3 Å². The van der Waals surface area contributed by atoms with Crippen molar-refractivity contribution in [1.29, 1.82) is 0 Å². The maximum atomic E-state index is 10.9. The van der Waals surface area contributed by atoms with E-state index in [9.17, 15) is 10.1 Å². The van der Waals surface area contributed by atoms with Crippen LogP contribution in [0.4, 0.5) is 11.5 Å². The number of aromatic nitrogens is 3. The van der Waals surface area contributed by atoms with Crippen molar-refractivity contribution in [3.63, 3.8) is 0 Å². The zero-order valence-electron chi connectivity index (χ0n) is 12.8. The van der Waals surface area contributed by atoms with Crippen molar-refractivity contribution in [3.05, 3.63) is 45.9 Å². The third-order valence-corrected chi connectivity index (χ3v) is 4.15. The minimum absolute atomic E-state index is 0.0682. The number of rotatable bonds is 3. The first-order chi connectivity index (χ1) is 10.6. The molecule has 116 valence electrons. The molecule has 0 saturated carbocycles. The van der Waals surface area contributed by atoms with Gasteiger partial charge < -0.3 is 4.90 Å². The highest BCUT2D eigenvalue weighted by molar-refractivity contribution is 5.48. The van der Waals surface area contributed by atoms with Crippen molar-refractivity contribution in [3.8, 4) is 0 Å². The quantitative estimate of drug-likeness (QED) is 0.643. The van der Waals surface area contributed by atoms with E-state index in [2.05, 4.69) is 15.0 Å². The van der Waals surface area contributed by atoms with Crippen LogP contribution in [-0.4, -0.2) is 26.2 Å². The minimum atomic E-state index is -0.388. The number of pyridine rings is 1. The lowest BCUT2D eigenvalue weighted by Gasteiger charge is -2.36. The first-order valence-electron chi connectivity index (χ1n) is 7.43. The fourth-order valence-electron chi connectivity index (χ4n) is 3.06. The van der Waals surface area contributed by atoms with E-state index >= 15 is 0 Å². The van der Waals surface area contributed by atoms with Gasteiger partial charge in [-0.15, -0.1) is 0 Å². The molecule has 0 spiro atoms. The van der Waals surface area contributed by atoms with Gasteiger partial charge in [0.1, 0.15) is 11.5 Å². The van der Waals surface area contributed by atoms with Gasteiger partial charge in [-0.2, -0.15) is 5.10 Å². The molecule has 2 aromatic rings. The Bertz CT molecular complexity index is 697. The van der Waals surface area contributed by atoms with E-state index in [0.717, 1.165) is 25.2 Å². The highest BCUT2D eigenvalue weighted by atomic mass is 16.6. The van der Waals surface area contributed by atoms with Crippen LogP contribution < -0.4 is 4.90 Å². The molecule has 22 heavy (non-hydrogen) atoms. The van der Waals surface area contributed by atoms with Crippen LogP contribution in [0.5, 0.6) is 0 Å². The van der Waals surface area contributed by atoms with Crippen molar-refractivity contribution < 1.29 is 4.92 Å². The molecule has 3 rings (SSSR count). The summed E-state index contributed by atoms with van der Waals surface area (Å²) in [5, 5.41) is 15.2. The number of aryl methyl sites for hydroxylation is 2. The fourth-order valence-corrected chi connectivity index (χ4v) is 3.06. The number of nitro groups is 1. The summed E-state index contributed by atoms with van der Waals surface area (Å²) in [6.45, 7) is 2.59. The predicted octanol–water partition coefficient (Wildman–Crippen LogP) is 2.76. The molecule has 3 heterocycles. The molecule has 7 heteroatoms. The van der Waals surface area contributed by atoms with Gasteiger partial charge in [0.25, 0.3) is 5.69 Å². The SMILES string of the molecule is Cc1nc(N2CCCC[C@@H]2c2cnn(C)c2)ccc1[N+](=O)[O-]. The zero-order valence-corrected chi connectivity index (χ0v) is 12.8. The Morgan fingerprint density at radius 3 is 2.82 bits per heavy atom. The normalized spacial score (nSPS) is 18.5. The molecule has 1 atom stereocenters. The van der Waals surface area contributed by atoms with Crippen LogP contribution >= 0.6 is 0 Å². The fraction of sp³-hybridized carbons (Fsp3) is 0.467. The number of anilines is 1. The third kappa shape index (κ3) is 2.66. The Balaban J connectivity index is 1.94. The summed E-state index contributed by atoms with van der Waals surface area (Å²) in [5.41, 5.74) is 1.69. The molecule has 7 nitrogen and oxygen atoms in total. The standard InChI is InChI=1S/C15H19N5O2/c1-11-13(20(21)22)6-7-15(17-11)19-8-4-3-5-14(19)12-9-16-18(2)10-12/h6-7,9-10,14H,3-5,8H2,1-2H3/t14-/m1/s1. The molecule has 0 bridgehead atoms. The number of hydrogen-bond donors (Lipinski definition) is 0. The van der Waals surface area contributed by atoms with Gasteiger partial charge in [0.2, 0.25) is 0 Å². The second-order valence-electron chi connectivity index (χ2n) is 5.68. The summed E-state index contributed by atoms with van der Waals surface area (Å²) in [6.07, 6.45) is 7.24. The van der Waals surface area contributed by atoms with Crippen molar-refractivity contribution in [2.45, 2.75) is 32.2 Å². The monoisotopic (exact) mass is 301 g/mol. The maximum Gasteiger partial charge on any atom is 0.290 e. The molecule has 0 aromatic carbocycles. The van der Waals surface area contributed by atoms with Gasteiger partial charge in [-0.3, -0.25) is 14.8 Å². The molecular weight excluding hydrogens is 282 g/mol. The van der Waals surface area contributed by atoms with Gasteiger partial charge in [0, 0.05) is 31.4 Å². The van der Waals surface area contributed by atoms with Crippen LogP contribution in [0.25, 0.3) is 0 Å². The van der Waals surface area contributed by atoms with Gasteiger partial charge in [-0.1, -0.05) is 0 Å². The van der Waals surface area contributed by atoms with E-state index in [1.807, 2.05) is 19.4 Å². The molecule has 1 aliphatic heterocycles. The number of nitrogens with zero attached hydrogens (tertiary/aromatic N) is 5. The number of piperidine rings is 1. The summed E-state index contributed by atoms with van der Waals surface area (Å²) in [7, 11) is 1.91. The van der Waals surface area contributed by atoms with Gasteiger partial charge in [0.05, 0.1) is 17.2 Å². The molecule has 0 aliphatic carbocycles. The Morgan fingerprint density at radius 1 is 1.36 bits per heavy atom. The lowest BCUT2D eigenvalue weighted by molar-refractivity contribution is -0.385. The Kier molecular flexibility index (Phi) is 3.79. The van der Waals surface area contributed by atoms with Crippen LogP contribution in [0.2, 0.25) is 0 Å². The summed E-state index contributed by atoms with van der Waals surface area (Å²) in [5.74, 6) is 0.802. The first kappa shape index (κ1) is 14.5. The highest BCUT2D eigenvalue weighted by Gasteiger charge is 2.27. The smallest absolute Gasteiger partial charge is 0.290 e. The third-order valence-electron chi connectivity index (χ3n) is 4.15. The summed E-state index contributed by atoms with van der Waals surface area (Å²) >= 11 is 0. The summed E-state index contributed by atoms with van der Waals surface area (Å²) in [6, 6.07) is 3.53. The second kappa shape index (κ2) is 5.75. The van der Waals surface area contributed by atoms with Crippen molar-refractivity contribution >= 4 is 11.5 Å². The topological polar surface area (TPSA) is 77.1 Å². The van der Waals surface area contributed by atoms with Crippen LogP contribution in [0.15, 0.2) is 24.5 Å². The molecule has 1 saturated heterocycles. The lowest BCUT2D eigenvalue weighted by atomic mass is 9.97. The molecule has 0 amide bonds. The second-order valence-corrected chi connectivity index (χ2v) is 5.68. The van der Waals surface area contributed by atoms with Crippen molar-refractivity contribution in [1.82, 2.24) is 14.8 Å². The molecule has 1 aliphatic rings. The van der Waals surface area contributed by atoms with E-state index in [4.69, 9.17) is 0 Å². The average molecular weight is 301 g/mol. The van der Waals surface area contributed by atoms with E-state index in [1.165, 1.54) is 12.0 Å². The molecule has 0 radical (unpaired) electrons. The molecule has 0 unspecified atom stereocenters. The minimum Gasteiger partial charge on any atom is -0.349 e. The zero-order chi connectivity index (χ0) is 15.7. The Labute approximate surface area is 128 Å². The van der Waals surface area contributed by atoms with E-state index in [0.29, 0.717) is 5.69 Å². The first-order valence-corrected chi connectivity index (χ1v) is 7.43. The van der Waals surface area contributed by atoms with E-state index in [-0.39, 0.29) is 16.7 Å². The van der Waals surface area contributed by atoms with Crippen molar-refractivity contribution in [2.24, 2.45) is 7.05 Å². The highest BCUT2D eigenvalue weighted by Crippen LogP contribution is 2.34. The van der Waals surface area contributed by atoms with Gasteiger partial charge in [0.15, 0.2) is 0 Å². The van der Waals surface area contributed by atoms with Crippen LogP contribution in [0, 0.1) is 17.0 Å². The van der Waals surface area contributed by atoms with Crippen LogP contribution in [0.3, 0.4) is 0 Å². The average Bonchev–Trinajstić information content (AvgIpc) is 2.93. The Hall–Kier alpha value is -2.44. The lowest BCUT2D eigenvalue weighted by Crippen LogP contribution is -2.34. The molecule has 1 fully saturated rings. The summed E-state index contributed by atoms with van der Waals surface area (Å²) in [4.78, 5) is 17.2. The van der Waals surface area contributed by atoms with Crippen LogP contribution in [0.1, 0.15) is 36.6 Å². The van der Waals surface area contributed by atoms with Gasteiger partial charge >= 0.3 is 0 Å². The largest absolute Gasteiger partial charge is 0.349 e.